The second-order valence-corrected chi connectivity index (χ2v) is 5.36. The summed E-state index contributed by atoms with van der Waals surface area (Å²) in [5, 5.41) is 0. The molecule has 0 saturated carbocycles. The SMILES string of the molecule is Fc1cc(Br)cc(CN2CCOCC2CCl)c1. The van der Waals surface area contributed by atoms with Crippen molar-refractivity contribution in [2.24, 2.45) is 0 Å². The number of rotatable bonds is 3. The van der Waals surface area contributed by atoms with Crippen LogP contribution in [0.4, 0.5) is 4.39 Å². The summed E-state index contributed by atoms with van der Waals surface area (Å²) < 4.78 is 19.4. The predicted molar refractivity (Wildman–Crippen MR) is 69.8 cm³/mol. The van der Waals surface area contributed by atoms with Gasteiger partial charge in [0.25, 0.3) is 0 Å². The minimum Gasteiger partial charge on any atom is -0.378 e. The van der Waals surface area contributed by atoms with Gasteiger partial charge in [-0.3, -0.25) is 4.90 Å². The molecule has 0 N–H and O–H groups in total. The molecule has 1 aromatic rings. The van der Waals surface area contributed by atoms with Gasteiger partial charge in [-0.05, 0) is 23.8 Å². The topological polar surface area (TPSA) is 12.5 Å². The first-order valence-corrected chi connectivity index (χ1v) is 6.84. The molecule has 0 radical (unpaired) electrons. The Bertz CT molecular complexity index is 371. The molecule has 0 bridgehead atoms. The highest BCUT2D eigenvalue weighted by atomic mass is 79.9. The van der Waals surface area contributed by atoms with E-state index < -0.39 is 0 Å². The van der Waals surface area contributed by atoms with Crippen LogP contribution in [0.2, 0.25) is 0 Å². The van der Waals surface area contributed by atoms with Crippen LogP contribution in [0.1, 0.15) is 5.56 Å². The number of ether oxygens (including phenoxy) is 1. The molecule has 0 spiro atoms. The van der Waals surface area contributed by atoms with Crippen molar-refractivity contribution < 1.29 is 9.13 Å². The van der Waals surface area contributed by atoms with Crippen molar-refractivity contribution in [3.8, 4) is 0 Å². The monoisotopic (exact) mass is 321 g/mol. The summed E-state index contributed by atoms with van der Waals surface area (Å²) >= 11 is 9.20. The van der Waals surface area contributed by atoms with Crippen molar-refractivity contribution in [2.45, 2.75) is 12.6 Å². The third kappa shape index (κ3) is 3.65. The third-order valence-corrected chi connectivity index (χ3v) is 3.65. The van der Waals surface area contributed by atoms with Gasteiger partial charge >= 0.3 is 0 Å². The molecule has 1 aromatic carbocycles. The molecule has 1 unspecified atom stereocenters. The van der Waals surface area contributed by atoms with Gasteiger partial charge in [0, 0.05) is 29.5 Å². The maximum absolute atomic E-state index is 13.3. The van der Waals surface area contributed by atoms with Crippen LogP contribution in [-0.2, 0) is 11.3 Å². The van der Waals surface area contributed by atoms with Crippen LogP contribution < -0.4 is 0 Å². The van der Waals surface area contributed by atoms with Gasteiger partial charge in [-0.15, -0.1) is 11.6 Å². The van der Waals surface area contributed by atoms with E-state index in [0.717, 1.165) is 16.6 Å². The fourth-order valence-electron chi connectivity index (χ4n) is 1.98. The average Bonchev–Trinajstić information content (AvgIpc) is 2.28. The molecule has 2 nitrogen and oxygen atoms in total. The maximum Gasteiger partial charge on any atom is 0.124 e. The molecule has 0 aliphatic carbocycles. The van der Waals surface area contributed by atoms with Crippen LogP contribution in [0.15, 0.2) is 22.7 Å². The number of benzene rings is 1. The lowest BCUT2D eigenvalue weighted by Crippen LogP contribution is -2.45. The zero-order valence-electron chi connectivity index (χ0n) is 9.33. The van der Waals surface area contributed by atoms with Gasteiger partial charge in [0.2, 0.25) is 0 Å². The van der Waals surface area contributed by atoms with Gasteiger partial charge in [0.1, 0.15) is 5.82 Å². The standard InChI is InChI=1S/C12H14BrClFNO/c13-10-3-9(4-11(15)5-10)7-16-1-2-17-8-12(16)6-14/h3-5,12H,1-2,6-8H2. The van der Waals surface area contributed by atoms with E-state index in [2.05, 4.69) is 20.8 Å². The van der Waals surface area contributed by atoms with E-state index in [-0.39, 0.29) is 11.9 Å². The van der Waals surface area contributed by atoms with Crippen LogP contribution in [-0.4, -0.2) is 36.6 Å². The molecule has 1 atom stereocenters. The van der Waals surface area contributed by atoms with E-state index >= 15 is 0 Å². The van der Waals surface area contributed by atoms with Crippen LogP contribution in [0.25, 0.3) is 0 Å². The third-order valence-electron chi connectivity index (χ3n) is 2.84. The molecule has 0 aromatic heterocycles. The molecule has 0 amide bonds. The van der Waals surface area contributed by atoms with Crippen LogP contribution >= 0.6 is 27.5 Å². The maximum atomic E-state index is 13.3. The van der Waals surface area contributed by atoms with Crippen LogP contribution in [0.5, 0.6) is 0 Å². The Balaban J connectivity index is 2.08. The lowest BCUT2D eigenvalue weighted by Gasteiger charge is -2.34. The predicted octanol–water partition coefficient (Wildman–Crippen LogP) is 3.03. The highest BCUT2D eigenvalue weighted by molar-refractivity contribution is 9.10. The van der Waals surface area contributed by atoms with Crippen molar-refractivity contribution in [1.82, 2.24) is 4.90 Å². The Morgan fingerprint density at radius 2 is 2.29 bits per heavy atom. The molecular formula is C12H14BrClFNO. The first-order chi connectivity index (χ1) is 8.19. The van der Waals surface area contributed by atoms with Gasteiger partial charge in [-0.2, -0.15) is 0 Å². The van der Waals surface area contributed by atoms with Crippen molar-refractivity contribution in [1.29, 1.82) is 0 Å². The van der Waals surface area contributed by atoms with Crippen LogP contribution in [0, 0.1) is 5.82 Å². The fraction of sp³-hybridized carbons (Fsp3) is 0.500. The fourth-order valence-corrected chi connectivity index (χ4v) is 2.77. The van der Waals surface area contributed by atoms with Crippen molar-refractivity contribution in [2.75, 3.05) is 25.6 Å². The highest BCUT2D eigenvalue weighted by Crippen LogP contribution is 2.18. The quantitative estimate of drug-likeness (QED) is 0.793. The molecular weight excluding hydrogens is 308 g/mol. The van der Waals surface area contributed by atoms with E-state index in [0.29, 0.717) is 25.6 Å². The Morgan fingerprint density at radius 1 is 1.47 bits per heavy atom. The first-order valence-electron chi connectivity index (χ1n) is 5.52. The van der Waals surface area contributed by atoms with Gasteiger partial charge in [0.05, 0.1) is 13.2 Å². The first kappa shape index (κ1) is 13.3. The van der Waals surface area contributed by atoms with E-state index in [1.807, 2.05) is 6.07 Å². The van der Waals surface area contributed by atoms with E-state index in [1.54, 1.807) is 6.07 Å². The van der Waals surface area contributed by atoms with Gasteiger partial charge in [-0.1, -0.05) is 15.9 Å². The summed E-state index contributed by atoms with van der Waals surface area (Å²) in [4.78, 5) is 2.23. The summed E-state index contributed by atoms with van der Waals surface area (Å²) in [6.07, 6.45) is 0. The summed E-state index contributed by atoms with van der Waals surface area (Å²) in [7, 11) is 0. The number of alkyl halides is 1. The normalized spacial score (nSPS) is 21.7. The molecule has 1 heterocycles. The molecule has 1 aliphatic heterocycles. The number of halogens is 3. The van der Waals surface area contributed by atoms with Crippen molar-refractivity contribution in [3.05, 3.63) is 34.1 Å². The lowest BCUT2D eigenvalue weighted by atomic mass is 10.1. The highest BCUT2D eigenvalue weighted by Gasteiger charge is 2.22. The summed E-state index contributed by atoms with van der Waals surface area (Å²) in [6, 6.07) is 5.17. The minimum atomic E-state index is -0.218. The van der Waals surface area contributed by atoms with Gasteiger partial charge in [0.15, 0.2) is 0 Å². The molecule has 1 aliphatic rings. The van der Waals surface area contributed by atoms with E-state index in [1.165, 1.54) is 6.07 Å². The number of hydrogen-bond donors (Lipinski definition) is 0. The Hall–Kier alpha value is -0.160. The molecule has 1 fully saturated rings. The minimum absolute atomic E-state index is 0.215. The molecule has 17 heavy (non-hydrogen) atoms. The summed E-state index contributed by atoms with van der Waals surface area (Å²) in [5.74, 6) is 0.321. The molecule has 1 saturated heterocycles. The smallest absolute Gasteiger partial charge is 0.124 e. The Labute approximate surface area is 114 Å². The molecule has 2 rings (SSSR count). The second kappa shape index (κ2) is 6.14. The van der Waals surface area contributed by atoms with Crippen LogP contribution in [0.3, 0.4) is 0 Å². The number of hydrogen-bond acceptors (Lipinski definition) is 2. The van der Waals surface area contributed by atoms with Gasteiger partial charge < -0.3 is 4.74 Å². The molecule has 94 valence electrons. The van der Waals surface area contributed by atoms with E-state index in [4.69, 9.17) is 16.3 Å². The largest absolute Gasteiger partial charge is 0.378 e. The summed E-state index contributed by atoms with van der Waals surface area (Å²) in [5.41, 5.74) is 0.953. The van der Waals surface area contributed by atoms with Crippen molar-refractivity contribution in [3.63, 3.8) is 0 Å². The number of morpholine rings is 1. The average molecular weight is 323 g/mol. The lowest BCUT2D eigenvalue weighted by molar-refractivity contribution is -0.00307. The summed E-state index contributed by atoms with van der Waals surface area (Å²) in [6.45, 7) is 2.91. The Morgan fingerprint density at radius 3 is 3.00 bits per heavy atom. The zero-order chi connectivity index (χ0) is 12.3. The molecule has 5 heteroatoms. The zero-order valence-corrected chi connectivity index (χ0v) is 11.7. The van der Waals surface area contributed by atoms with E-state index in [9.17, 15) is 4.39 Å². The Kier molecular flexibility index (Phi) is 4.79. The van der Waals surface area contributed by atoms with Crippen molar-refractivity contribution >= 4 is 27.5 Å². The number of nitrogens with zero attached hydrogens (tertiary/aromatic N) is 1. The second-order valence-electron chi connectivity index (χ2n) is 4.13. The van der Waals surface area contributed by atoms with Gasteiger partial charge in [-0.25, -0.2) is 4.39 Å².